The molecular weight excluding hydrogens is 356 g/mol. The molecule has 0 atom stereocenters. The Morgan fingerprint density at radius 2 is 1.43 bits per heavy atom. The molecule has 28 heavy (non-hydrogen) atoms. The molecule has 6 nitrogen and oxygen atoms in total. The van der Waals surface area contributed by atoms with Gasteiger partial charge in [-0.2, -0.15) is 0 Å². The maximum absolute atomic E-state index is 12.3. The number of aromatic nitrogens is 2. The van der Waals surface area contributed by atoms with Gasteiger partial charge >= 0.3 is 6.08 Å². The molecule has 1 heterocycles. The van der Waals surface area contributed by atoms with Crippen LogP contribution in [0.3, 0.4) is 0 Å². The van der Waals surface area contributed by atoms with E-state index in [1.807, 2.05) is 60.7 Å². The van der Waals surface area contributed by atoms with Crippen LogP contribution in [0.2, 0.25) is 0 Å². The quantitative estimate of drug-likeness (QED) is 0.434. The van der Waals surface area contributed by atoms with Gasteiger partial charge in [-0.1, -0.05) is 41.5 Å². The summed E-state index contributed by atoms with van der Waals surface area (Å²) in [6.45, 7) is -0.199. The van der Waals surface area contributed by atoms with Gasteiger partial charge in [-0.3, -0.25) is 4.79 Å². The number of carbonyl (C=O) groups excluding carboxylic acids is 1. The van der Waals surface area contributed by atoms with Gasteiger partial charge in [0, 0.05) is 11.1 Å². The van der Waals surface area contributed by atoms with Crippen LogP contribution in [0.5, 0.6) is 17.6 Å². The van der Waals surface area contributed by atoms with Crippen LogP contribution in [0.4, 0.5) is 0 Å². The number of nitrogens with zero attached hydrogens (tertiary/aromatic N) is 2. The molecule has 0 fully saturated rings. The summed E-state index contributed by atoms with van der Waals surface area (Å²) in [5.74, 6) is 1.51. The normalized spacial score (nSPS) is 10.4. The second kappa shape index (κ2) is 8.18. The number of carbonyl (C=O) groups is 1. The van der Waals surface area contributed by atoms with E-state index >= 15 is 0 Å². The van der Waals surface area contributed by atoms with E-state index in [2.05, 4.69) is 10.2 Å². The van der Waals surface area contributed by atoms with Crippen molar-refractivity contribution in [3.8, 4) is 29.0 Å². The minimum atomic E-state index is -0.203. The Hall–Kier alpha value is -3.93. The highest BCUT2D eigenvalue weighted by atomic mass is 16.6. The molecular formula is C22H16N2O4. The van der Waals surface area contributed by atoms with Crippen molar-refractivity contribution in [1.82, 2.24) is 10.2 Å². The molecule has 3 aromatic carbocycles. The van der Waals surface area contributed by atoms with Crippen molar-refractivity contribution in [2.24, 2.45) is 0 Å². The molecule has 0 saturated heterocycles. The van der Waals surface area contributed by atoms with Crippen LogP contribution >= 0.6 is 0 Å². The van der Waals surface area contributed by atoms with Crippen LogP contribution in [0.25, 0.3) is 11.5 Å². The van der Waals surface area contributed by atoms with Crippen LogP contribution in [0.15, 0.2) is 89.3 Å². The van der Waals surface area contributed by atoms with Crippen molar-refractivity contribution in [3.05, 3.63) is 90.5 Å². The minimum absolute atomic E-state index is 0.0452. The van der Waals surface area contributed by atoms with Crippen LogP contribution < -0.4 is 9.47 Å². The van der Waals surface area contributed by atoms with Gasteiger partial charge in [0.1, 0.15) is 11.5 Å². The Balaban J connectivity index is 1.34. The molecule has 4 rings (SSSR count). The molecule has 0 saturated carbocycles. The SMILES string of the molecule is O=C(COc1nnc(-c2ccccc2)o1)c1ccc(Oc2ccccc2)cc1. The lowest BCUT2D eigenvalue weighted by Crippen LogP contribution is -2.11. The van der Waals surface area contributed by atoms with E-state index < -0.39 is 0 Å². The molecule has 0 unspecified atom stereocenters. The number of ether oxygens (including phenoxy) is 2. The van der Waals surface area contributed by atoms with E-state index in [1.54, 1.807) is 24.3 Å². The predicted octanol–water partition coefficient (Wildman–Crippen LogP) is 4.79. The average molecular weight is 372 g/mol. The van der Waals surface area contributed by atoms with Crippen molar-refractivity contribution >= 4 is 5.78 Å². The van der Waals surface area contributed by atoms with Gasteiger partial charge in [0.15, 0.2) is 12.4 Å². The zero-order valence-electron chi connectivity index (χ0n) is 14.8. The Kier molecular flexibility index (Phi) is 5.11. The Bertz CT molecular complexity index is 1040. The Labute approximate surface area is 161 Å². The minimum Gasteiger partial charge on any atom is -0.457 e. The highest BCUT2D eigenvalue weighted by Gasteiger charge is 2.12. The molecule has 0 spiro atoms. The molecule has 6 heteroatoms. The molecule has 0 aliphatic heterocycles. The zero-order chi connectivity index (χ0) is 19.2. The van der Waals surface area contributed by atoms with Gasteiger partial charge in [-0.25, -0.2) is 0 Å². The average Bonchev–Trinajstić information content (AvgIpc) is 3.23. The Morgan fingerprint density at radius 1 is 0.786 bits per heavy atom. The smallest absolute Gasteiger partial charge is 0.415 e. The third-order valence-electron chi connectivity index (χ3n) is 3.91. The first kappa shape index (κ1) is 17.5. The lowest BCUT2D eigenvalue weighted by Gasteiger charge is -2.06. The summed E-state index contributed by atoms with van der Waals surface area (Å²) in [7, 11) is 0. The fraction of sp³-hybridized carbons (Fsp3) is 0.0455. The first-order chi connectivity index (χ1) is 13.8. The summed E-state index contributed by atoms with van der Waals surface area (Å²) in [6.07, 6.45) is -0.0452. The van der Waals surface area contributed by atoms with Crippen LogP contribution in [-0.4, -0.2) is 22.6 Å². The fourth-order valence-corrected chi connectivity index (χ4v) is 2.51. The molecule has 0 N–H and O–H groups in total. The summed E-state index contributed by atoms with van der Waals surface area (Å²) in [6, 6.07) is 25.6. The van der Waals surface area contributed by atoms with Gasteiger partial charge < -0.3 is 13.9 Å². The first-order valence-corrected chi connectivity index (χ1v) is 8.66. The van der Waals surface area contributed by atoms with E-state index in [0.717, 1.165) is 11.3 Å². The molecule has 138 valence electrons. The standard InChI is InChI=1S/C22H16N2O4/c25-20(15-26-22-24-23-21(28-22)17-7-3-1-4-8-17)16-11-13-19(14-12-16)27-18-9-5-2-6-10-18/h1-14H,15H2. The van der Waals surface area contributed by atoms with Crippen LogP contribution in [-0.2, 0) is 0 Å². The fourth-order valence-electron chi connectivity index (χ4n) is 2.51. The van der Waals surface area contributed by atoms with Crippen LogP contribution in [0, 0.1) is 0 Å². The number of benzene rings is 3. The second-order valence-corrected chi connectivity index (χ2v) is 5.89. The van der Waals surface area contributed by atoms with Crippen molar-refractivity contribution in [1.29, 1.82) is 0 Å². The third kappa shape index (κ3) is 4.24. The van der Waals surface area contributed by atoms with Crippen molar-refractivity contribution in [2.75, 3.05) is 6.61 Å². The molecule has 0 aliphatic rings. The highest BCUT2D eigenvalue weighted by molar-refractivity contribution is 5.97. The van der Waals surface area contributed by atoms with Gasteiger partial charge in [-0.15, -0.1) is 5.10 Å². The summed E-state index contributed by atoms with van der Waals surface area (Å²) in [5, 5.41) is 7.73. The number of hydrogen-bond acceptors (Lipinski definition) is 6. The maximum atomic E-state index is 12.3. The first-order valence-electron chi connectivity index (χ1n) is 8.66. The molecule has 1 aromatic heterocycles. The van der Waals surface area contributed by atoms with Crippen molar-refractivity contribution < 1.29 is 18.7 Å². The van der Waals surface area contributed by atoms with E-state index in [0.29, 0.717) is 17.2 Å². The van der Waals surface area contributed by atoms with Gasteiger partial charge in [0.05, 0.1) is 0 Å². The largest absolute Gasteiger partial charge is 0.457 e. The molecule has 0 amide bonds. The van der Waals surface area contributed by atoms with Crippen molar-refractivity contribution in [2.45, 2.75) is 0 Å². The predicted molar refractivity (Wildman–Crippen MR) is 103 cm³/mol. The lowest BCUT2D eigenvalue weighted by molar-refractivity contribution is 0.0894. The molecule has 0 bridgehead atoms. The van der Waals surface area contributed by atoms with Gasteiger partial charge in [0.2, 0.25) is 0 Å². The van der Waals surface area contributed by atoms with Crippen LogP contribution in [0.1, 0.15) is 10.4 Å². The second-order valence-electron chi connectivity index (χ2n) is 5.89. The number of Topliss-reactive ketones (excluding diaryl/α,β-unsaturated/α-hetero) is 1. The third-order valence-corrected chi connectivity index (χ3v) is 3.91. The van der Waals surface area contributed by atoms with Gasteiger partial charge in [-0.05, 0) is 48.5 Å². The molecule has 4 aromatic rings. The zero-order valence-corrected chi connectivity index (χ0v) is 14.8. The number of para-hydroxylation sites is 1. The number of hydrogen-bond donors (Lipinski definition) is 0. The topological polar surface area (TPSA) is 74.5 Å². The van der Waals surface area contributed by atoms with E-state index in [1.165, 1.54) is 0 Å². The maximum Gasteiger partial charge on any atom is 0.415 e. The van der Waals surface area contributed by atoms with Gasteiger partial charge in [0.25, 0.3) is 5.89 Å². The van der Waals surface area contributed by atoms with E-state index in [-0.39, 0.29) is 18.5 Å². The number of rotatable bonds is 7. The van der Waals surface area contributed by atoms with Crippen molar-refractivity contribution in [3.63, 3.8) is 0 Å². The summed E-state index contributed by atoms with van der Waals surface area (Å²) in [5.41, 5.74) is 1.29. The monoisotopic (exact) mass is 372 g/mol. The summed E-state index contributed by atoms with van der Waals surface area (Å²) >= 11 is 0. The van der Waals surface area contributed by atoms with E-state index in [4.69, 9.17) is 13.9 Å². The number of ketones is 1. The van der Waals surface area contributed by atoms with E-state index in [9.17, 15) is 4.79 Å². The Morgan fingerprint density at radius 3 is 2.14 bits per heavy atom. The molecule has 0 aliphatic carbocycles. The highest BCUT2D eigenvalue weighted by Crippen LogP contribution is 2.22. The summed E-state index contributed by atoms with van der Waals surface area (Å²) in [4.78, 5) is 12.3. The molecule has 0 radical (unpaired) electrons. The summed E-state index contributed by atoms with van der Waals surface area (Å²) < 4.78 is 16.5. The lowest BCUT2D eigenvalue weighted by atomic mass is 10.1.